The predicted octanol–water partition coefficient (Wildman–Crippen LogP) is 4.99. The van der Waals surface area contributed by atoms with Gasteiger partial charge in [-0.25, -0.2) is 17.8 Å². The molecule has 0 amide bonds. The van der Waals surface area contributed by atoms with Crippen LogP contribution in [0.4, 0.5) is 10.1 Å². The summed E-state index contributed by atoms with van der Waals surface area (Å²) in [5, 5.41) is 0.853. The lowest BCUT2D eigenvalue weighted by atomic mass is 10.0. The first-order chi connectivity index (χ1) is 18.4. The maximum absolute atomic E-state index is 13.7. The minimum absolute atomic E-state index is 0.298. The first-order valence-corrected chi connectivity index (χ1v) is 14.9. The minimum atomic E-state index is -3.53. The number of morpholine rings is 1. The number of aromatic nitrogens is 2. The quantitative estimate of drug-likeness (QED) is 0.323. The van der Waals surface area contributed by atoms with Gasteiger partial charge in [0, 0.05) is 55.6 Å². The summed E-state index contributed by atoms with van der Waals surface area (Å²) in [6.07, 6.45) is 7.44. The molecule has 38 heavy (non-hydrogen) atoms. The zero-order chi connectivity index (χ0) is 26.3. The highest BCUT2D eigenvalue weighted by molar-refractivity contribution is 7.92. The summed E-state index contributed by atoms with van der Waals surface area (Å²) >= 11 is 0. The second-order valence-electron chi connectivity index (χ2n) is 10.1. The van der Waals surface area contributed by atoms with Gasteiger partial charge in [-0.2, -0.15) is 0 Å². The van der Waals surface area contributed by atoms with Crippen LogP contribution in [0, 0.1) is 5.82 Å². The number of sulfonamides is 1. The Kier molecular flexibility index (Phi) is 6.71. The summed E-state index contributed by atoms with van der Waals surface area (Å²) in [7, 11) is -3.53. The molecule has 1 aliphatic carbocycles. The number of H-pyrrole nitrogens is 1. The summed E-state index contributed by atoms with van der Waals surface area (Å²) in [6, 6.07) is 10.1. The van der Waals surface area contributed by atoms with E-state index in [9.17, 15) is 12.8 Å². The van der Waals surface area contributed by atoms with Gasteiger partial charge in [0.15, 0.2) is 0 Å². The van der Waals surface area contributed by atoms with Crippen molar-refractivity contribution in [2.45, 2.75) is 25.2 Å². The summed E-state index contributed by atoms with van der Waals surface area (Å²) in [6.45, 7) is 4.36. The number of hydrogen-bond acceptors (Lipinski definition) is 6. The van der Waals surface area contributed by atoms with Gasteiger partial charge in [0.2, 0.25) is 10.0 Å². The first-order valence-electron chi connectivity index (χ1n) is 13.0. The Morgan fingerprint density at radius 3 is 2.58 bits per heavy atom. The molecule has 1 aliphatic heterocycles. The van der Waals surface area contributed by atoms with Crippen LogP contribution in [-0.4, -0.2) is 68.9 Å². The molecule has 6 rings (SSSR count). The largest absolute Gasteiger partial charge is 0.455 e. The maximum Gasteiger partial charge on any atom is 0.232 e. The number of furan rings is 1. The number of imidazole rings is 1. The monoisotopic (exact) mass is 538 g/mol. The number of nitrogens with zero attached hydrogens (tertiary/aromatic N) is 3. The summed E-state index contributed by atoms with van der Waals surface area (Å²) < 4.78 is 53.2. The third-order valence-corrected chi connectivity index (χ3v) is 8.48. The Morgan fingerprint density at radius 2 is 1.92 bits per heavy atom. The van der Waals surface area contributed by atoms with Gasteiger partial charge in [0.25, 0.3) is 0 Å². The van der Waals surface area contributed by atoms with Crippen LogP contribution in [0.3, 0.4) is 0 Å². The average Bonchev–Trinajstić information content (AvgIpc) is 3.47. The molecular formula is C28H31FN4O4S. The standard InChI is InChI=1S/C28H31FN4O4S/c1-38(34,35)33(12-2-11-32-13-15-36-16-14-32)24-18-25-23(17-22(24)19-3-4-19)26(28-30-9-10-31-28)27(37-25)20-5-7-21(29)8-6-20/h5-10,17-19H,2-4,11-16H2,1H3,(H,30,31). The highest BCUT2D eigenvalue weighted by Gasteiger charge is 2.32. The molecule has 3 heterocycles. The van der Waals surface area contributed by atoms with Crippen LogP contribution in [0.2, 0.25) is 0 Å². The van der Waals surface area contributed by atoms with Crippen molar-refractivity contribution >= 4 is 26.7 Å². The van der Waals surface area contributed by atoms with E-state index in [1.54, 1.807) is 24.5 Å². The molecule has 10 heteroatoms. The van der Waals surface area contributed by atoms with Crippen LogP contribution in [0.1, 0.15) is 30.7 Å². The van der Waals surface area contributed by atoms with Gasteiger partial charge >= 0.3 is 0 Å². The van der Waals surface area contributed by atoms with Gasteiger partial charge in [0.05, 0.1) is 30.7 Å². The highest BCUT2D eigenvalue weighted by atomic mass is 32.2. The van der Waals surface area contributed by atoms with Crippen molar-refractivity contribution in [3.8, 4) is 22.7 Å². The van der Waals surface area contributed by atoms with E-state index < -0.39 is 10.0 Å². The molecule has 0 unspecified atom stereocenters. The van der Waals surface area contributed by atoms with E-state index in [2.05, 4.69) is 20.9 Å². The molecule has 1 saturated heterocycles. The topological polar surface area (TPSA) is 91.7 Å². The average molecular weight is 539 g/mol. The molecule has 2 aromatic heterocycles. The number of anilines is 1. The van der Waals surface area contributed by atoms with Crippen LogP contribution in [0.15, 0.2) is 53.2 Å². The molecule has 1 saturated carbocycles. The predicted molar refractivity (Wildman–Crippen MR) is 145 cm³/mol. The second-order valence-corrected chi connectivity index (χ2v) is 12.0. The fourth-order valence-corrected chi connectivity index (χ4v) is 6.23. The van der Waals surface area contributed by atoms with Crippen molar-refractivity contribution in [1.29, 1.82) is 0 Å². The molecule has 0 atom stereocenters. The van der Waals surface area contributed by atoms with Crippen molar-refractivity contribution in [1.82, 2.24) is 14.9 Å². The summed E-state index contributed by atoms with van der Waals surface area (Å²) in [5.74, 6) is 1.17. The van der Waals surface area contributed by atoms with E-state index in [0.29, 0.717) is 60.5 Å². The number of benzene rings is 2. The molecule has 4 aromatic rings. The van der Waals surface area contributed by atoms with Gasteiger partial charge in [-0.05, 0) is 61.1 Å². The van der Waals surface area contributed by atoms with E-state index in [0.717, 1.165) is 49.0 Å². The van der Waals surface area contributed by atoms with Crippen molar-refractivity contribution in [2.75, 3.05) is 50.0 Å². The van der Waals surface area contributed by atoms with Crippen molar-refractivity contribution in [3.05, 3.63) is 60.2 Å². The third-order valence-electron chi connectivity index (χ3n) is 7.30. The molecule has 0 bridgehead atoms. The number of nitrogens with one attached hydrogen (secondary N) is 1. The number of halogens is 1. The number of ether oxygens (including phenoxy) is 1. The van der Waals surface area contributed by atoms with Crippen molar-refractivity contribution in [3.63, 3.8) is 0 Å². The van der Waals surface area contributed by atoms with Crippen LogP contribution in [0.25, 0.3) is 33.7 Å². The van der Waals surface area contributed by atoms with Crippen molar-refractivity contribution in [2.24, 2.45) is 0 Å². The molecule has 2 fully saturated rings. The van der Waals surface area contributed by atoms with Gasteiger partial charge in [0.1, 0.15) is 23.0 Å². The zero-order valence-electron chi connectivity index (χ0n) is 21.3. The Balaban J connectivity index is 1.44. The van der Waals surface area contributed by atoms with E-state index in [1.807, 2.05) is 6.07 Å². The number of rotatable bonds is 9. The van der Waals surface area contributed by atoms with Crippen LogP contribution in [-0.2, 0) is 14.8 Å². The Hall–Kier alpha value is -3.21. The van der Waals surface area contributed by atoms with E-state index >= 15 is 0 Å². The molecular weight excluding hydrogens is 507 g/mol. The molecule has 1 N–H and O–H groups in total. The van der Waals surface area contributed by atoms with Gasteiger partial charge in [-0.15, -0.1) is 0 Å². The summed E-state index contributed by atoms with van der Waals surface area (Å²) in [5.41, 5.74) is 3.75. The maximum atomic E-state index is 13.7. The molecule has 2 aliphatic rings. The smallest absolute Gasteiger partial charge is 0.232 e. The van der Waals surface area contributed by atoms with Crippen LogP contribution in [0.5, 0.6) is 0 Å². The molecule has 0 radical (unpaired) electrons. The fourth-order valence-electron chi connectivity index (χ4n) is 5.26. The van der Waals surface area contributed by atoms with Gasteiger partial charge in [-0.1, -0.05) is 0 Å². The normalized spacial score (nSPS) is 16.8. The van der Waals surface area contributed by atoms with Gasteiger partial charge in [-0.3, -0.25) is 9.21 Å². The van der Waals surface area contributed by atoms with Gasteiger partial charge < -0.3 is 14.1 Å². The Morgan fingerprint density at radius 1 is 1.16 bits per heavy atom. The lowest BCUT2D eigenvalue weighted by Crippen LogP contribution is -2.39. The lowest BCUT2D eigenvalue weighted by Gasteiger charge is -2.29. The third kappa shape index (κ3) is 5.08. The van der Waals surface area contributed by atoms with E-state index in [4.69, 9.17) is 9.15 Å². The van der Waals surface area contributed by atoms with Crippen LogP contribution >= 0.6 is 0 Å². The molecule has 0 spiro atoms. The zero-order valence-corrected chi connectivity index (χ0v) is 22.1. The van der Waals surface area contributed by atoms with Crippen molar-refractivity contribution < 1.29 is 22.0 Å². The minimum Gasteiger partial charge on any atom is -0.455 e. The van der Waals surface area contributed by atoms with Crippen LogP contribution < -0.4 is 4.31 Å². The highest BCUT2D eigenvalue weighted by Crippen LogP contribution is 2.49. The molecule has 8 nitrogen and oxygen atoms in total. The SMILES string of the molecule is CS(=O)(=O)N(CCCN1CCOCC1)c1cc2oc(-c3ccc(F)cc3)c(-c3ncc[nH]3)c2cc1C1CC1. The second kappa shape index (κ2) is 10.2. The summed E-state index contributed by atoms with van der Waals surface area (Å²) in [4.78, 5) is 9.96. The number of hydrogen-bond donors (Lipinski definition) is 1. The number of aromatic amines is 1. The molecule has 200 valence electrons. The lowest BCUT2D eigenvalue weighted by molar-refractivity contribution is 0.0377. The molecule has 2 aromatic carbocycles. The Labute approximate surface area is 221 Å². The fraction of sp³-hybridized carbons (Fsp3) is 0.393. The van der Waals surface area contributed by atoms with E-state index in [-0.39, 0.29) is 5.82 Å². The Bertz CT molecular complexity index is 1520. The first kappa shape index (κ1) is 25.1. The van der Waals surface area contributed by atoms with E-state index in [1.165, 1.54) is 22.7 Å². The number of fused-ring (bicyclic) bond motifs is 1.